The second-order valence-electron chi connectivity index (χ2n) is 4.56. The molecule has 1 fully saturated rings. The van der Waals surface area contributed by atoms with Gasteiger partial charge in [-0.05, 0) is 18.9 Å². The third-order valence-electron chi connectivity index (χ3n) is 3.21. The minimum atomic E-state index is 0. The Bertz CT molecular complexity index is 356. The highest BCUT2D eigenvalue weighted by Crippen LogP contribution is 2.11. The van der Waals surface area contributed by atoms with E-state index in [9.17, 15) is 4.79 Å². The molecule has 1 saturated heterocycles. The summed E-state index contributed by atoms with van der Waals surface area (Å²) in [5.74, 6) is 0.632. The van der Waals surface area contributed by atoms with Crippen molar-refractivity contribution in [2.24, 2.45) is 5.92 Å². The fourth-order valence-electron chi connectivity index (χ4n) is 2.03. The maximum atomic E-state index is 11.8. The Morgan fingerprint density at radius 2 is 2.44 bits per heavy atom. The quantitative estimate of drug-likeness (QED) is 0.822. The average molecular weight is 274 g/mol. The summed E-state index contributed by atoms with van der Waals surface area (Å²) in [6, 6.07) is 0.256. The Hall–Kier alpha value is -1.14. The first-order chi connectivity index (χ1) is 8.25. The van der Waals surface area contributed by atoms with Gasteiger partial charge >= 0.3 is 0 Å². The van der Waals surface area contributed by atoms with Crippen molar-refractivity contribution in [2.75, 3.05) is 13.1 Å². The minimum Gasteiger partial charge on any atom is -0.352 e. The van der Waals surface area contributed by atoms with Crippen molar-refractivity contribution in [1.82, 2.24) is 25.6 Å². The van der Waals surface area contributed by atoms with Crippen LogP contribution in [0.1, 0.15) is 19.8 Å². The van der Waals surface area contributed by atoms with Crippen LogP contribution in [0, 0.1) is 5.92 Å². The lowest BCUT2D eigenvalue weighted by Gasteiger charge is -2.30. The lowest BCUT2D eigenvalue weighted by atomic mass is 9.95. The van der Waals surface area contributed by atoms with E-state index < -0.39 is 0 Å². The number of hydrogen-bond acceptors (Lipinski definition) is 4. The minimum absolute atomic E-state index is 0. The number of carbonyl (C=O) groups is 1. The summed E-state index contributed by atoms with van der Waals surface area (Å²) in [7, 11) is 0. The maximum Gasteiger partial charge on any atom is 0.222 e. The zero-order valence-electron chi connectivity index (χ0n) is 10.5. The van der Waals surface area contributed by atoms with Crippen LogP contribution in [0.15, 0.2) is 12.4 Å². The molecule has 7 heteroatoms. The Kier molecular flexibility index (Phi) is 6.07. The summed E-state index contributed by atoms with van der Waals surface area (Å²) < 4.78 is 1.67. The number of hydrogen-bond donors (Lipinski definition) is 2. The molecule has 2 unspecified atom stereocenters. The molecule has 2 N–H and O–H groups in total. The molecule has 18 heavy (non-hydrogen) atoms. The van der Waals surface area contributed by atoms with Crippen LogP contribution in [0.2, 0.25) is 0 Å². The van der Waals surface area contributed by atoms with Crippen molar-refractivity contribution in [3.63, 3.8) is 0 Å². The second-order valence-corrected chi connectivity index (χ2v) is 4.56. The van der Waals surface area contributed by atoms with Gasteiger partial charge in [-0.3, -0.25) is 9.48 Å². The molecule has 0 bridgehead atoms. The van der Waals surface area contributed by atoms with Gasteiger partial charge in [0.1, 0.15) is 0 Å². The fraction of sp³-hybridized carbons (Fsp3) is 0.727. The van der Waals surface area contributed by atoms with Crippen LogP contribution in [0.25, 0.3) is 0 Å². The molecule has 0 saturated carbocycles. The van der Waals surface area contributed by atoms with Crippen LogP contribution >= 0.6 is 12.4 Å². The molecule has 2 atom stereocenters. The first kappa shape index (κ1) is 14.9. The summed E-state index contributed by atoms with van der Waals surface area (Å²) in [5.41, 5.74) is 0. The summed E-state index contributed by atoms with van der Waals surface area (Å²) in [4.78, 5) is 11.8. The predicted molar refractivity (Wildman–Crippen MR) is 70.5 cm³/mol. The predicted octanol–water partition coefficient (Wildman–Crippen LogP) is 0.204. The number of nitrogens with one attached hydrogen (secondary N) is 2. The van der Waals surface area contributed by atoms with E-state index in [0.29, 0.717) is 18.9 Å². The number of aromatic nitrogens is 3. The molecular weight excluding hydrogens is 254 g/mol. The maximum absolute atomic E-state index is 11.8. The van der Waals surface area contributed by atoms with Gasteiger partial charge in [0.05, 0.1) is 12.7 Å². The molecule has 1 aromatic heterocycles. The van der Waals surface area contributed by atoms with Crippen molar-refractivity contribution in [1.29, 1.82) is 0 Å². The number of aryl methyl sites for hydroxylation is 1. The van der Waals surface area contributed by atoms with Gasteiger partial charge in [-0.1, -0.05) is 12.1 Å². The van der Waals surface area contributed by atoms with Gasteiger partial charge in [0, 0.05) is 25.2 Å². The van der Waals surface area contributed by atoms with Crippen LogP contribution in [-0.4, -0.2) is 40.0 Å². The number of nitrogens with zero attached hydrogens (tertiary/aromatic N) is 3. The second kappa shape index (κ2) is 7.33. The van der Waals surface area contributed by atoms with Crippen LogP contribution in [0.5, 0.6) is 0 Å². The number of rotatable bonds is 4. The monoisotopic (exact) mass is 273 g/mol. The SMILES string of the molecule is CC1CCNCC1NC(=O)CCn1ccnn1.Cl. The van der Waals surface area contributed by atoms with Crippen molar-refractivity contribution in [2.45, 2.75) is 32.4 Å². The lowest BCUT2D eigenvalue weighted by Crippen LogP contribution is -2.50. The van der Waals surface area contributed by atoms with E-state index >= 15 is 0 Å². The van der Waals surface area contributed by atoms with E-state index in [0.717, 1.165) is 19.5 Å². The van der Waals surface area contributed by atoms with Gasteiger partial charge in [-0.25, -0.2) is 0 Å². The van der Waals surface area contributed by atoms with E-state index in [2.05, 4.69) is 27.9 Å². The van der Waals surface area contributed by atoms with E-state index in [1.165, 1.54) is 0 Å². The Morgan fingerprint density at radius 1 is 1.61 bits per heavy atom. The van der Waals surface area contributed by atoms with Gasteiger partial charge < -0.3 is 10.6 Å². The van der Waals surface area contributed by atoms with Crippen LogP contribution in [0.4, 0.5) is 0 Å². The lowest BCUT2D eigenvalue weighted by molar-refractivity contribution is -0.122. The highest BCUT2D eigenvalue weighted by Gasteiger charge is 2.22. The first-order valence-electron chi connectivity index (χ1n) is 6.10. The van der Waals surface area contributed by atoms with Crippen LogP contribution < -0.4 is 10.6 Å². The molecule has 2 rings (SSSR count). The zero-order valence-corrected chi connectivity index (χ0v) is 11.3. The molecule has 0 spiro atoms. The molecular formula is C11H20ClN5O. The Balaban J connectivity index is 0.00000162. The topological polar surface area (TPSA) is 71.8 Å². The third kappa shape index (κ3) is 4.27. The normalized spacial score (nSPS) is 23.2. The van der Waals surface area contributed by atoms with Crippen molar-refractivity contribution < 1.29 is 4.79 Å². The Morgan fingerprint density at radius 3 is 3.11 bits per heavy atom. The van der Waals surface area contributed by atoms with E-state index in [-0.39, 0.29) is 24.4 Å². The smallest absolute Gasteiger partial charge is 0.222 e. The molecule has 1 amide bonds. The molecule has 0 aromatic carbocycles. The van der Waals surface area contributed by atoms with E-state index in [1.54, 1.807) is 17.1 Å². The highest BCUT2D eigenvalue weighted by molar-refractivity contribution is 5.85. The largest absolute Gasteiger partial charge is 0.352 e. The number of carbonyl (C=O) groups excluding carboxylic acids is 1. The van der Waals surface area contributed by atoms with Crippen LogP contribution in [-0.2, 0) is 11.3 Å². The molecule has 0 radical (unpaired) electrons. The van der Waals surface area contributed by atoms with E-state index in [4.69, 9.17) is 0 Å². The molecule has 6 nitrogen and oxygen atoms in total. The summed E-state index contributed by atoms with van der Waals surface area (Å²) >= 11 is 0. The highest BCUT2D eigenvalue weighted by atomic mass is 35.5. The summed E-state index contributed by atoms with van der Waals surface area (Å²) in [6.45, 7) is 4.69. The summed E-state index contributed by atoms with van der Waals surface area (Å²) in [5, 5.41) is 13.9. The number of halogens is 1. The van der Waals surface area contributed by atoms with Gasteiger partial charge in [-0.2, -0.15) is 0 Å². The standard InChI is InChI=1S/C11H19N5O.ClH/c1-9-2-4-12-8-10(9)14-11(17)3-6-16-7-5-13-15-16;/h5,7,9-10,12H,2-4,6,8H2,1H3,(H,14,17);1H. The fourth-order valence-corrected chi connectivity index (χ4v) is 2.03. The molecule has 0 aliphatic carbocycles. The molecule has 1 aliphatic heterocycles. The van der Waals surface area contributed by atoms with Gasteiger partial charge in [0.15, 0.2) is 0 Å². The van der Waals surface area contributed by atoms with Crippen molar-refractivity contribution >= 4 is 18.3 Å². The molecule has 1 aromatic rings. The number of piperidine rings is 1. The average Bonchev–Trinajstić information content (AvgIpc) is 2.82. The van der Waals surface area contributed by atoms with E-state index in [1.807, 2.05) is 0 Å². The van der Waals surface area contributed by atoms with Gasteiger partial charge in [0.25, 0.3) is 0 Å². The Labute approximate surface area is 113 Å². The summed E-state index contributed by atoms with van der Waals surface area (Å²) in [6.07, 6.45) is 4.95. The first-order valence-corrected chi connectivity index (χ1v) is 6.10. The van der Waals surface area contributed by atoms with Crippen molar-refractivity contribution in [3.8, 4) is 0 Å². The molecule has 2 heterocycles. The molecule has 1 aliphatic rings. The third-order valence-corrected chi connectivity index (χ3v) is 3.21. The van der Waals surface area contributed by atoms with Crippen LogP contribution in [0.3, 0.4) is 0 Å². The van der Waals surface area contributed by atoms with Gasteiger partial charge in [0.2, 0.25) is 5.91 Å². The number of amides is 1. The zero-order chi connectivity index (χ0) is 12.1. The molecule has 102 valence electrons. The van der Waals surface area contributed by atoms with Crippen molar-refractivity contribution in [3.05, 3.63) is 12.4 Å². The van der Waals surface area contributed by atoms with Gasteiger partial charge in [-0.15, -0.1) is 17.5 Å².